The third-order valence-electron chi connectivity index (χ3n) is 2.64. The van der Waals surface area contributed by atoms with Crippen molar-refractivity contribution in [2.24, 2.45) is 0 Å². The molecule has 0 fully saturated rings. The fraction of sp³-hybridized carbons (Fsp3) is 0.385. The Morgan fingerprint density at radius 3 is 2.76 bits per heavy atom. The van der Waals surface area contributed by atoms with Gasteiger partial charge in [0.1, 0.15) is 0 Å². The van der Waals surface area contributed by atoms with Gasteiger partial charge in [-0.15, -0.1) is 0 Å². The lowest BCUT2D eigenvalue weighted by Gasteiger charge is -2.14. The summed E-state index contributed by atoms with van der Waals surface area (Å²) >= 11 is 0. The highest BCUT2D eigenvalue weighted by Crippen LogP contribution is 2.23. The monoisotopic (exact) mass is 234 g/mol. The molecule has 4 heteroatoms. The Morgan fingerprint density at radius 2 is 2.24 bits per heavy atom. The zero-order valence-electron chi connectivity index (χ0n) is 10.5. The number of rotatable bonds is 5. The van der Waals surface area contributed by atoms with Gasteiger partial charge in [0.05, 0.1) is 4.92 Å². The molecule has 0 saturated heterocycles. The SMILES string of the molecule is C=C(C)CNC(C)c1ccc(C)c([N+](=O)[O-])c1. The van der Waals surface area contributed by atoms with Gasteiger partial charge in [-0.25, -0.2) is 0 Å². The van der Waals surface area contributed by atoms with Crippen LogP contribution >= 0.6 is 0 Å². The number of benzene rings is 1. The van der Waals surface area contributed by atoms with Crippen LogP contribution in [0.4, 0.5) is 5.69 Å². The molecule has 0 aliphatic carbocycles. The smallest absolute Gasteiger partial charge is 0.272 e. The van der Waals surface area contributed by atoms with Crippen LogP contribution in [0, 0.1) is 17.0 Å². The Balaban J connectivity index is 2.87. The summed E-state index contributed by atoms with van der Waals surface area (Å²) in [6, 6.07) is 5.40. The summed E-state index contributed by atoms with van der Waals surface area (Å²) in [4.78, 5) is 10.5. The largest absolute Gasteiger partial charge is 0.306 e. The van der Waals surface area contributed by atoms with Crippen molar-refractivity contribution in [3.8, 4) is 0 Å². The summed E-state index contributed by atoms with van der Waals surface area (Å²) in [5, 5.41) is 14.1. The maximum absolute atomic E-state index is 10.8. The molecule has 0 aromatic heterocycles. The van der Waals surface area contributed by atoms with Gasteiger partial charge >= 0.3 is 0 Å². The second-order valence-corrected chi connectivity index (χ2v) is 4.36. The number of aryl methyl sites for hydroxylation is 1. The third kappa shape index (κ3) is 3.67. The third-order valence-corrected chi connectivity index (χ3v) is 2.64. The van der Waals surface area contributed by atoms with Crippen molar-refractivity contribution in [2.75, 3.05) is 6.54 Å². The van der Waals surface area contributed by atoms with Crippen molar-refractivity contribution in [3.05, 3.63) is 51.6 Å². The van der Waals surface area contributed by atoms with Gasteiger partial charge in [0.2, 0.25) is 0 Å². The highest BCUT2D eigenvalue weighted by molar-refractivity contribution is 5.43. The van der Waals surface area contributed by atoms with E-state index in [9.17, 15) is 10.1 Å². The molecular weight excluding hydrogens is 216 g/mol. The molecule has 0 saturated carbocycles. The minimum atomic E-state index is -0.343. The molecular formula is C13H18N2O2. The highest BCUT2D eigenvalue weighted by atomic mass is 16.6. The van der Waals surface area contributed by atoms with Crippen LogP contribution in [-0.4, -0.2) is 11.5 Å². The van der Waals surface area contributed by atoms with Gasteiger partial charge in [-0.3, -0.25) is 10.1 Å². The summed E-state index contributed by atoms with van der Waals surface area (Å²) < 4.78 is 0. The molecule has 17 heavy (non-hydrogen) atoms. The van der Waals surface area contributed by atoms with Crippen LogP contribution in [0.3, 0.4) is 0 Å². The zero-order chi connectivity index (χ0) is 13.0. The minimum absolute atomic E-state index is 0.0750. The number of nitro groups is 1. The second-order valence-electron chi connectivity index (χ2n) is 4.36. The van der Waals surface area contributed by atoms with E-state index in [1.165, 1.54) is 0 Å². The van der Waals surface area contributed by atoms with Crippen LogP contribution in [-0.2, 0) is 0 Å². The quantitative estimate of drug-likeness (QED) is 0.484. The van der Waals surface area contributed by atoms with Crippen LogP contribution in [0.15, 0.2) is 30.4 Å². The Labute approximate surface area is 101 Å². The van der Waals surface area contributed by atoms with Crippen LogP contribution in [0.1, 0.15) is 31.0 Å². The average molecular weight is 234 g/mol. The van der Waals surface area contributed by atoms with E-state index in [1.807, 2.05) is 19.9 Å². The Bertz CT molecular complexity index is 441. The van der Waals surface area contributed by atoms with Gasteiger partial charge in [-0.1, -0.05) is 24.3 Å². The Kier molecular flexibility index (Phi) is 4.40. The molecule has 0 heterocycles. The van der Waals surface area contributed by atoms with E-state index in [2.05, 4.69) is 11.9 Å². The molecule has 0 amide bonds. The van der Waals surface area contributed by atoms with Gasteiger partial charge in [0.15, 0.2) is 0 Å². The normalized spacial score (nSPS) is 12.2. The summed E-state index contributed by atoms with van der Waals surface area (Å²) in [7, 11) is 0. The summed E-state index contributed by atoms with van der Waals surface area (Å²) in [6.07, 6.45) is 0. The number of hydrogen-bond acceptors (Lipinski definition) is 3. The molecule has 1 N–H and O–H groups in total. The van der Waals surface area contributed by atoms with Gasteiger partial charge < -0.3 is 5.32 Å². The van der Waals surface area contributed by atoms with Gasteiger partial charge in [0, 0.05) is 24.2 Å². The van der Waals surface area contributed by atoms with Crippen LogP contribution in [0.2, 0.25) is 0 Å². The van der Waals surface area contributed by atoms with E-state index in [0.717, 1.165) is 11.1 Å². The molecule has 0 bridgehead atoms. The highest BCUT2D eigenvalue weighted by Gasteiger charge is 2.13. The molecule has 1 rings (SSSR count). The second kappa shape index (κ2) is 5.59. The fourth-order valence-corrected chi connectivity index (χ4v) is 1.54. The van der Waals surface area contributed by atoms with E-state index in [-0.39, 0.29) is 16.7 Å². The molecule has 1 unspecified atom stereocenters. The van der Waals surface area contributed by atoms with E-state index < -0.39 is 0 Å². The van der Waals surface area contributed by atoms with Crippen LogP contribution in [0.25, 0.3) is 0 Å². The minimum Gasteiger partial charge on any atom is -0.306 e. The maximum Gasteiger partial charge on any atom is 0.272 e. The van der Waals surface area contributed by atoms with Crippen molar-refractivity contribution >= 4 is 5.69 Å². The molecule has 0 spiro atoms. The first-order valence-electron chi connectivity index (χ1n) is 5.54. The first kappa shape index (κ1) is 13.4. The molecule has 0 radical (unpaired) electrons. The molecule has 0 aliphatic rings. The standard InChI is InChI=1S/C13H18N2O2/c1-9(2)8-14-11(4)12-6-5-10(3)13(7-12)15(16)17/h5-7,11,14H,1,8H2,2-4H3. The fourth-order valence-electron chi connectivity index (χ4n) is 1.54. The van der Waals surface area contributed by atoms with E-state index in [0.29, 0.717) is 12.1 Å². The summed E-state index contributed by atoms with van der Waals surface area (Å²) in [5.41, 5.74) is 2.82. The van der Waals surface area contributed by atoms with Crippen molar-refractivity contribution in [3.63, 3.8) is 0 Å². The Hall–Kier alpha value is -1.68. The number of nitrogens with one attached hydrogen (secondary N) is 1. The van der Waals surface area contributed by atoms with Gasteiger partial charge in [-0.05, 0) is 26.3 Å². The molecule has 92 valence electrons. The van der Waals surface area contributed by atoms with E-state index in [1.54, 1.807) is 19.1 Å². The van der Waals surface area contributed by atoms with Crippen LogP contribution < -0.4 is 5.32 Å². The van der Waals surface area contributed by atoms with Crippen molar-refractivity contribution in [1.82, 2.24) is 5.32 Å². The van der Waals surface area contributed by atoms with Crippen molar-refractivity contribution in [2.45, 2.75) is 26.8 Å². The molecule has 1 atom stereocenters. The predicted octanol–water partition coefficient (Wildman–Crippen LogP) is 3.13. The maximum atomic E-state index is 10.8. The zero-order valence-corrected chi connectivity index (χ0v) is 10.5. The van der Waals surface area contributed by atoms with E-state index >= 15 is 0 Å². The Morgan fingerprint density at radius 1 is 1.59 bits per heavy atom. The van der Waals surface area contributed by atoms with Gasteiger partial charge in [-0.2, -0.15) is 0 Å². The van der Waals surface area contributed by atoms with Crippen LogP contribution in [0.5, 0.6) is 0 Å². The average Bonchev–Trinajstić information content (AvgIpc) is 2.26. The summed E-state index contributed by atoms with van der Waals surface area (Å²) in [6.45, 7) is 10.2. The lowest BCUT2D eigenvalue weighted by molar-refractivity contribution is -0.385. The lowest BCUT2D eigenvalue weighted by Crippen LogP contribution is -2.20. The van der Waals surface area contributed by atoms with Crippen molar-refractivity contribution < 1.29 is 4.92 Å². The number of nitrogens with zero attached hydrogens (tertiary/aromatic N) is 1. The van der Waals surface area contributed by atoms with E-state index in [4.69, 9.17) is 0 Å². The lowest BCUT2D eigenvalue weighted by atomic mass is 10.0. The van der Waals surface area contributed by atoms with Gasteiger partial charge in [0.25, 0.3) is 5.69 Å². The van der Waals surface area contributed by atoms with Crippen molar-refractivity contribution in [1.29, 1.82) is 0 Å². The molecule has 0 aliphatic heterocycles. The molecule has 1 aromatic rings. The number of hydrogen-bond donors (Lipinski definition) is 1. The first-order chi connectivity index (χ1) is 7.91. The predicted molar refractivity (Wildman–Crippen MR) is 69.1 cm³/mol. The molecule has 1 aromatic carbocycles. The summed E-state index contributed by atoms with van der Waals surface area (Å²) in [5.74, 6) is 0. The number of nitro benzene ring substituents is 1. The topological polar surface area (TPSA) is 55.2 Å². The molecule has 4 nitrogen and oxygen atoms in total. The first-order valence-corrected chi connectivity index (χ1v) is 5.54.